The van der Waals surface area contributed by atoms with Crippen LogP contribution < -0.4 is 0 Å². The van der Waals surface area contributed by atoms with Crippen LogP contribution in [0.4, 0.5) is 0 Å². The number of fused-ring (bicyclic) bond motifs is 2. The van der Waals surface area contributed by atoms with Gasteiger partial charge in [0.2, 0.25) is 0 Å². The third-order valence-corrected chi connectivity index (χ3v) is 4.86. The molecule has 13 heavy (non-hydrogen) atoms. The molecule has 74 valence electrons. The summed E-state index contributed by atoms with van der Waals surface area (Å²) in [6.45, 7) is 1.12. The first-order valence-corrected chi connectivity index (χ1v) is 6.90. The van der Waals surface area contributed by atoms with Crippen LogP contribution in [-0.2, 0) is 0 Å². The smallest absolute Gasteiger partial charge is 0.137 e. The molecule has 3 atom stereocenters. The van der Waals surface area contributed by atoms with Gasteiger partial charge in [0.05, 0.1) is 0 Å². The maximum absolute atomic E-state index is 2.94. The highest BCUT2D eigenvalue weighted by atomic mass is 31.0. The van der Waals surface area contributed by atoms with Gasteiger partial charge in [-0.3, -0.25) is 0 Å². The summed E-state index contributed by atoms with van der Waals surface area (Å²) in [5.41, 5.74) is 0. The second kappa shape index (κ2) is 4.83. The van der Waals surface area contributed by atoms with Crippen LogP contribution in [0.25, 0.3) is 0 Å². The lowest BCUT2D eigenvalue weighted by Gasteiger charge is -2.16. The van der Waals surface area contributed by atoms with Gasteiger partial charge in [0.1, 0.15) is 6.71 Å². The highest BCUT2D eigenvalue weighted by molar-refractivity contribution is 7.16. The van der Waals surface area contributed by atoms with Crippen LogP contribution in [0.15, 0.2) is 0 Å². The molecule has 0 amide bonds. The fourth-order valence-corrected chi connectivity index (χ4v) is 3.72. The van der Waals surface area contributed by atoms with Crippen molar-refractivity contribution in [2.75, 3.05) is 6.16 Å². The largest absolute Gasteiger partial charge is 0.140 e. The zero-order valence-electron chi connectivity index (χ0n) is 8.67. The van der Waals surface area contributed by atoms with Crippen molar-refractivity contribution in [1.82, 2.24) is 0 Å². The standard InChI is InChI=1S/C11H22BP/c13-9-11-2-1-6-12-7-5-10(8-12)3-4-11/h10-11H,1-9,13H2. The van der Waals surface area contributed by atoms with Crippen molar-refractivity contribution in [2.45, 2.75) is 51.1 Å². The maximum Gasteiger partial charge on any atom is 0.140 e. The molecule has 0 nitrogen and oxygen atoms in total. The van der Waals surface area contributed by atoms with Gasteiger partial charge in [-0.15, -0.1) is 9.24 Å². The molecule has 0 N–H and O–H groups in total. The topological polar surface area (TPSA) is 0 Å². The maximum atomic E-state index is 2.94. The lowest BCUT2D eigenvalue weighted by atomic mass is 9.45. The minimum absolute atomic E-state index is 1.03. The number of hydrogen-bond acceptors (Lipinski definition) is 0. The Kier molecular flexibility index (Phi) is 3.72. The van der Waals surface area contributed by atoms with Gasteiger partial charge in [-0.05, 0) is 24.4 Å². The molecule has 2 aliphatic rings. The average Bonchev–Trinajstić information content (AvgIpc) is 2.62. The molecule has 0 saturated carbocycles. The molecule has 0 aliphatic carbocycles. The van der Waals surface area contributed by atoms with Crippen molar-refractivity contribution in [2.24, 2.45) is 11.8 Å². The van der Waals surface area contributed by atoms with E-state index in [1.165, 1.54) is 38.2 Å². The summed E-state index contributed by atoms with van der Waals surface area (Å²) in [7, 11) is 2.94. The summed E-state index contributed by atoms with van der Waals surface area (Å²) in [5, 5.41) is 0. The molecule has 2 rings (SSSR count). The van der Waals surface area contributed by atoms with Gasteiger partial charge >= 0.3 is 0 Å². The zero-order chi connectivity index (χ0) is 9.10. The van der Waals surface area contributed by atoms with E-state index in [2.05, 4.69) is 9.24 Å². The third-order valence-electron chi connectivity index (χ3n) is 4.19. The summed E-state index contributed by atoms with van der Waals surface area (Å²) >= 11 is 0. The molecule has 2 heteroatoms. The third kappa shape index (κ3) is 2.72. The Morgan fingerprint density at radius 3 is 2.85 bits per heavy atom. The molecule has 2 bridgehead atoms. The Morgan fingerprint density at radius 2 is 2.00 bits per heavy atom. The fraction of sp³-hybridized carbons (Fsp3) is 1.00. The summed E-state index contributed by atoms with van der Waals surface area (Å²) in [4.78, 5) is 0. The highest BCUT2D eigenvalue weighted by Gasteiger charge is 2.28. The molecular weight excluding hydrogens is 174 g/mol. The molecule has 0 radical (unpaired) electrons. The summed E-state index contributed by atoms with van der Waals surface area (Å²) < 4.78 is 0. The van der Waals surface area contributed by atoms with Gasteiger partial charge in [0, 0.05) is 0 Å². The molecule has 2 heterocycles. The Bertz CT molecular complexity index is 158. The normalized spacial score (nSPS) is 35.3. The van der Waals surface area contributed by atoms with E-state index in [0.717, 1.165) is 18.5 Å². The first-order chi connectivity index (χ1) is 6.38. The fourth-order valence-electron chi connectivity index (χ4n) is 3.25. The first-order valence-electron chi connectivity index (χ1n) is 6.08. The molecule has 2 saturated heterocycles. The van der Waals surface area contributed by atoms with Crippen LogP contribution in [0.1, 0.15) is 32.1 Å². The van der Waals surface area contributed by atoms with E-state index in [0.29, 0.717) is 0 Å². The Hall–Kier alpha value is 0.495. The molecular formula is C11H22BP. The SMILES string of the molecule is PCC1CCCB2CCC(CC1)C2. The first kappa shape index (κ1) is 10.0. The minimum atomic E-state index is 1.03. The van der Waals surface area contributed by atoms with Crippen LogP contribution in [0, 0.1) is 11.8 Å². The van der Waals surface area contributed by atoms with Gasteiger partial charge in [0.25, 0.3) is 0 Å². The Labute approximate surface area is 85.5 Å². The molecule has 0 aromatic heterocycles. The van der Waals surface area contributed by atoms with Gasteiger partial charge in [-0.1, -0.05) is 44.6 Å². The van der Waals surface area contributed by atoms with Crippen LogP contribution in [0.2, 0.25) is 19.0 Å². The van der Waals surface area contributed by atoms with E-state index < -0.39 is 0 Å². The van der Waals surface area contributed by atoms with E-state index in [9.17, 15) is 0 Å². The lowest BCUT2D eigenvalue weighted by Crippen LogP contribution is -2.06. The van der Waals surface area contributed by atoms with Gasteiger partial charge < -0.3 is 0 Å². The van der Waals surface area contributed by atoms with Crippen molar-refractivity contribution >= 4 is 16.0 Å². The Morgan fingerprint density at radius 1 is 1.08 bits per heavy atom. The zero-order valence-corrected chi connectivity index (χ0v) is 9.83. The van der Waals surface area contributed by atoms with Crippen LogP contribution in [0.3, 0.4) is 0 Å². The summed E-state index contributed by atoms with van der Waals surface area (Å²) in [6.07, 6.45) is 13.6. The molecule has 0 spiro atoms. The van der Waals surface area contributed by atoms with Crippen molar-refractivity contribution in [3.8, 4) is 0 Å². The van der Waals surface area contributed by atoms with Gasteiger partial charge in [-0.2, -0.15) is 0 Å². The second-order valence-corrected chi connectivity index (χ2v) is 5.63. The van der Waals surface area contributed by atoms with E-state index in [-0.39, 0.29) is 0 Å². The van der Waals surface area contributed by atoms with E-state index >= 15 is 0 Å². The monoisotopic (exact) mass is 196 g/mol. The predicted molar refractivity (Wildman–Crippen MR) is 64.8 cm³/mol. The molecule has 2 fully saturated rings. The number of hydrogen-bond donors (Lipinski definition) is 0. The molecule has 3 unspecified atom stereocenters. The minimum Gasteiger partial charge on any atom is -0.137 e. The molecule has 2 aliphatic heterocycles. The molecule has 0 aromatic carbocycles. The van der Waals surface area contributed by atoms with Gasteiger partial charge in [0.15, 0.2) is 0 Å². The number of rotatable bonds is 1. The lowest BCUT2D eigenvalue weighted by molar-refractivity contribution is 0.419. The summed E-state index contributed by atoms with van der Waals surface area (Å²) in [5.74, 6) is 2.14. The Balaban J connectivity index is 1.88. The summed E-state index contributed by atoms with van der Waals surface area (Å²) in [6, 6.07) is 0. The quantitative estimate of drug-likeness (QED) is 0.444. The van der Waals surface area contributed by atoms with Crippen LogP contribution in [0.5, 0.6) is 0 Å². The molecule has 0 aromatic rings. The van der Waals surface area contributed by atoms with Crippen molar-refractivity contribution in [1.29, 1.82) is 0 Å². The average molecular weight is 196 g/mol. The van der Waals surface area contributed by atoms with Crippen LogP contribution in [-0.4, -0.2) is 12.9 Å². The highest BCUT2D eigenvalue weighted by Crippen LogP contribution is 2.36. The van der Waals surface area contributed by atoms with Gasteiger partial charge in [-0.25, -0.2) is 0 Å². The van der Waals surface area contributed by atoms with Crippen molar-refractivity contribution < 1.29 is 0 Å². The second-order valence-electron chi connectivity index (χ2n) is 5.16. The predicted octanol–water partition coefficient (Wildman–Crippen LogP) is 3.57. The van der Waals surface area contributed by atoms with E-state index in [4.69, 9.17) is 0 Å². The van der Waals surface area contributed by atoms with Crippen LogP contribution >= 0.6 is 9.24 Å². The van der Waals surface area contributed by atoms with E-state index in [1.54, 1.807) is 19.1 Å². The van der Waals surface area contributed by atoms with Crippen molar-refractivity contribution in [3.63, 3.8) is 0 Å². The van der Waals surface area contributed by atoms with Crippen molar-refractivity contribution in [3.05, 3.63) is 0 Å². The van der Waals surface area contributed by atoms with E-state index in [1.807, 2.05) is 0 Å².